The van der Waals surface area contributed by atoms with E-state index in [0.717, 1.165) is 5.56 Å². The Morgan fingerprint density at radius 3 is 2.79 bits per heavy atom. The van der Waals surface area contributed by atoms with Crippen LogP contribution < -0.4 is 5.32 Å². The molecule has 0 saturated heterocycles. The van der Waals surface area contributed by atoms with Gasteiger partial charge in [-0.25, -0.2) is 0 Å². The number of amides is 2. The summed E-state index contributed by atoms with van der Waals surface area (Å²) in [5.41, 5.74) is 2.34. The maximum atomic E-state index is 12.0. The first-order valence-electron chi connectivity index (χ1n) is 8.74. The van der Waals surface area contributed by atoms with E-state index in [-0.39, 0.29) is 23.9 Å². The van der Waals surface area contributed by atoms with Gasteiger partial charge in [-0.3, -0.25) is 9.59 Å². The SMILES string of the molecule is Cc1ccc2[nH]c(O)c(N=NC(=O)CCCNC(=O)c3ccccc3Cl)c2c1. The Morgan fingerprint density at radius 2 is 2.00 bits per heavy atom. The lowest BCUT2D eigenvalue weighted by Gasteiger charge is -2.05. The number of rotatable bonds is 6. The molecule has 8 heteroatoms. The lowest BCUT2D eigenvalue weighted by Crippen LogP contribution is -2.25. The molecule has 0 spiro atoms. The van der Waals surface area contributed by atoms with Crippen LogP contribution in [0.5, 0.6) is 5.88 Å². The highest BCUT2D eigenvalue weighted by Crippen LogP contribution is 2.35. The lowest BCUT2D eigenvalue weighted by atomic mass is 10.2. The van der Waals surface area contributed by atoms with Gasteiger partial charge in [0.1, 0.15) is 0 Å². The number of nitrogens with zero attached hydrogens (tertiary/aromatic N) is 2. The fraction of sp³-hybridized carbons (Fsp3) is 0.200. The van der Waals surface area contributed by atoms with E-state index in [2.05, 4.69) is 20.5 Å². The van der Waals surface area contributed by atoms with Gasteiger partial charge in [-0.2, -0.15) is 0 Å². The number of benzene rings is 2. The molecule has 28 heavy (non-hydrogen) atoms. The first kappa shape index (κ1) is 19.6. The number of azo groups is 1. The van der Waals surface area contributed by atoms with Gasteiger partial charge in [0.25, 0.3) is 11.8 Å². The maximum absolute atomic E-state index is 12.0. The summed E-state index contributed by atoms with van der Waals surface area (Å²) < 4.78 is 0. The normalized spacial score (nSPS) is 11.2. The van der Waals surface area contributed by atoms with Gasteiger partial charge < -0.3 is 15.4 Å². The van der Waals surface area contributed by atoms with Crippen molar-refractivity contribution in [3.8, 4) is 5.88 Å². The van der Waals surface area contributed by atoms with Gasteiger partial charge in [0.05, 0.1) is 16.1 Å². The molecule has 1 aromatic heterocycles. The van der Waals surface area contributed by atoms with Gasteiger partial charge in [-0.1, -0.05) is 35.4 Å². The van der Waals surface area contributed by atoms with Gasteiger partial charge in [-0.05, 0) is 37.6 Å². The lowest BCUT2D eigenvalue weighted by molar-refractivity contribution is -0.118. The van der Waals surface area contributed by atoms with Crippen molar-refractivity contribution in [1.82, 2.24) is 10.3 Å². The van der Waals surface area contributed by atoms with Crippen LogP contribution in [0.3, 0.4) is 0 Å². The highest BCUT2D eigenvalue weighted by molar-refractivity contribution is 6.33. The van der Waals surface area contributed by atoms with Crippen LogP contribution in [0.15, 0.2) is 52.7 Å². The summed E-state index contributed by atoms with van der Waals surface area (Å²) in [4.78, 5) is 26.8. The average Bonchev–Trinajstić information content (AvgIpc) is 2.98. The monoisotopic (exact) mass is 398 g/mol. The number of aromatic hydroxyl groups is 1. The molecule has 0 aliphatic carbocycles. The summed E-state index contributed by atoms with van der Waals surface area (Å²) in [6.45, 7) is 2.23. The van der Waals surface area contributed by atoms with Crippen molar-refractivity contribution in [2.75, 3.05) is 6.54 Å². The molecule has 0 aliphatic rings. The highest BCUT2D eigenvalue weighted by atomic mass is 35.5. The highest BCUT2D eigenvalue weighted by Gasteiger charge is 2.12. The van der Waals surface area contributed by atoms with Crippen LogP contribution >= 0.6 is 11.6 Å². The molecule has 0 radical (unpaired) electrons. The maximum Gasteiger partial charge on any atom is 0.264 e. The van der Waals surface area contributed by atoms with Crippen molar-refractivity contribution < 1.29 is 14.7 Å². The van der Waals surface area contributed by atoms with Gasteiger partial charge in [0, 0.05) is 18.4 Å². The number of aryl methyl sites for hydroxylation is 1. The van der Waals surface area contributed by atoms with Crippen molar-refractivity contribution in [2.45, 2.75) is 19.8 Å². The van der Waals surface area contributed by atoms with E-state index in [1.54, 1.807) is 24.3 Å². The molecular formula is C20H19ClN4O3. The van der Waals surface area contributed by atoms with E-state index < -0.39 is 5.91 Å². The number of fused-ring (bicyclic) bond motifs is 1. The third kappa shape index (κ3) is 4.55. The van der Waals surface area contributed by atoms with E-state index in [0.29, 0.717) is 34.5 Å². The molecular weight excluding hydrogens is 380 g/mol. The molecule has 0 bridgehead atoms. The first-order valence-corrected chi connectivity index (χ1v) is 9.12. The van der Waals surface area contributed by atoms with E-state index >= 15 is 0 Å². The summed E-state index contributed by atoms with van der Waals surface area (Å²) in [5, 5.41) is 21.3. The largest absolute Gasteiger partial charge is 0.493 e. The summed E-state index contributed by atoms with van der Waals surface area (Å²) in [7, 11) is 0. The van der Waals surface area contributed by atoms with Gasteiger partial charge in [0.15, 0.2) is 5.69 Å². The second-order valence-electron chi connectivity index (χ2n) is 6.30. The zero-order chi connectivity index (χ0) is 20.1. The van der Waals surface area contributed by atoms with Crippen LogP contribution in [0.2, 0.25) is 5.02 Å². The second kappa shape index (κ2) is 8.67. The van der Waals surface area contributed by atoms with Crippen molar-refractivity contribution in [2.24, 2.45) is 10.2 Å². The molecule has 0 fully saturated rings. The summed E-state index contributed by atoms with van der Waals surface area (Å²) >= 11 is 5.97. The summed E-state index contributed by atoms with van der Waals surface area (Å²) in [5.74, 6) is -0.865. The minimum absolute atomic E-state index is 0.119. The molecule has 3 aromatic rings. The molecule has 3 N–H and O–H groups in total. The van der Waals surface area contributed by atoms with E-state index in [1.807, 2.05) is 25.1 Å². The Bertz CT molecular complexity index is 1060. The molecule has 0 atom stereocenters. The Kier molecular flexibility index (Phi) is 6.06. The number of carbonyl (C=O) groups excluding carboxylic acids is 2. The number of hydrogen-bond acceptors (Lipinski definition) is 4. The van der Waals surface area contributed by atoms with Gasteiger partial charge >= 0.3 is 0 Å². The Morgan fingerprint density at radius 1 is 1.21 bits per heavy atom. The van der Waals surface area contributed by atoms with Crippen LogP contribution in [0.4, 0.5) is 5.69 Å². The van der Waals surface area contributed by atoms with Crippen molar-refractivity contribution >= 4 is 40.0 Å². The predicted octanol–water partition coefficient (Wildman–Crippen LogP) is 4.66. The first-order chi connectivity index (χ1) is 13.5. The third-order valence-electron chi connectivity index (χ3n) is 4.14. The summed E-state index contributed by atoms with van der Waals surface area (Å²) in [6, 6.07) is 12.3. The van der Waals surface area contributed by atoms with E-state index in [1.165, 1.54) is 0 Å². The molecule has 1 heterocycles. The molecule has 0 unspecified atom stereocenters. The van der Waals surface area contributed by atoms with E-state index in [9.17, 15) is 14.7 Å². The van der Waals surface area contributed by atoms with Crippen LogP contribution in [0.25, 0.3) is 10.9 Å². The molecule has 2 aromatic carbocycles. The Balaban J connectivity index is 1.52. The third-order valence-corrected chi connectivity index (χ3v) is 4.47. The van der Waals surface area contributed by atoms with Crippen LogP contribution in [0, 0.1) is 6.92 Å². The standard InChI is InChI=1S/C20H19ClN4O3/c1-12-8-9-16-14(11-12)18(20(28)23-16)25-24-17(26)7-4-10-22-19(27)13-5-2-3-6-15(13)21/h2-3,5-6,8-9,11,23,28H,4,7,10H2,1H3,(H,22,27). The quantitative estimate of drug-likeness (QED) is 0.415. The number of aromatic amines is 1. The van der Waals surface area contributed by atoms with Crippen LogP contribution in [-0.2, 0) is 4.79 Å². The van der Waals surface area contributed by atoms with Crippen molar-refractivity contribution in [3.63, 3.8) is 0 Å². The molecule has 3 rings (SSSR count). The predicted molar refractivity (Wildman–Crippen MR) is 107 cm³/mol. The van der Waals surface area contributed by atoms with Crippen molar-refractivity contribution in [1.29, 1.82) is 0 Å². The molecule has 7 nitrogen and oxygen atoms in total. The molecule has 0 saturated carbocycles. The fourth-order valence-electron chi connectivity index (χ4n) is 2.72. The Hall–Kier alpha value is -3.19. The second-order valence-corrected chi connectivity index (χ2v) is 6.71. The van der Waals surface area contributed by atoms with E-state index in [4.69, 9.17) is 11.6 Å². The Labute approximate surface area is 166 Å². The molecule has 144 valence electrons. The fourth-order valence-corrected chi connectivity index (χ4v) is 2.94. The zero-order valence-electron chi connectivity index (χ0n) is 15.2. The number of aromatic nitrogens is 1. The van der Waals surface area contributed by atoms with Crippen LogP contribution in [0.1, 0.15) is 28.8 Å². The average molecular weight is 399 g/mol. The number of halogens is 1. The number of carbonyl (C=O) groups is 2. The van der Waals surface area contributed by atoms with Crippen molar-refractivity contribution in [3.05, 3.63) is 58.6 Å². The number of nitrogens with one attached hydrogen (secondary N) is 2. The smallest absolute Gasteiger partial charge is 0.264 e. The van der Waals surface area contributed by atoms with Gasteiger partial charge in [0.2, 0.25) is 5.88 Å². The summed E-state index contributed by atoms with van der Waals surface area (Å²) in [6.07, 6.45) is 0.529. The topological polar surface area (TPSA) is 107 Å². The van der Waals surface area contributed by atoms with Crippen LogP contribution in [-0.4, -0.2) is 28.4 Å². The minimum atomic E-state index is -0.437. The molecule has 2 amide bonds. The molecule has 0 aliphatic heterocycles. The number of H-pyrrole nitrogens is 1. The minimum Gasteiger partial charge on any atom is -0.493 e. The zero-order valence-corrected chi connectivity index (χ0v) is 16.0. The number of hydrogen-bond donors (Lipinski definition) is 3. The van der Waals surface area contributed by atoms with Gasteiger partial charge in [-0.15, -0.1) is 10.2 Å².